The van der Waals surface area contributed by atoms with Gasteiger partial charge in [-0.3, -0.25) is 4.57 Å². The lowest BCUT2D eigenvalue weighted by molar-refractivity contribution is 0.318. The van der Waals surface area contributed by atoms with Gasteiger partial charge >= 0.3 is 0 Å². The maximum atomic E-state index is 12.9. The molecule has 170 valence electrons. The van der Waals surface area contributed by atoms with E-state index in [1.807, 2.05) is 47.0 Å². The Morgan fingerprint density at radius 3 is 2.24 bits per heavy atom. The van der Waals surface area contributed by atoms with Gasteiger partial charge in [0.2, 0.25) is 0 Å². The van der Waals surface area contributed by atoms with Crippen LogP contribution >= 0.6 is 23.4 Å². The predicted octanol–water partition coefficient (Wildman–Crippen LogP) is 5.46. The zero-order chi connectivity index (χ0) is 23.1. The van der Waals surface area contributed by atoms with E-state index in [1.165, 1.54) is 11.8 Å². The number of hydrogen-bond acceptors (Lipinski definition) is 6. The highest BCUT2D eigenvalue weighted by molar-refractivity contribution is 7.99. The maximum absolute atomic E-state index is 12.9. The van der Waals surface area contributed by atoms with Gasteiger partial charge in [0, 0.05) is 16.5 Å². The van der Waals surface area contributed by atoms with Crippen molar-refractivity contribution in [3.05, 3.63) is 95.8 Å². The Bertz CT molecular complexity index is 1280. The van der Waals surface area contributed by atoms with Crippen LogP contribution in [-0.2, 0) is 15.6 Å². The van der Waals surface area contributed by atoms with Crippen molar-refractivity contribution < 1.29 is 13.2 Å². The van der Waals surface area contributed by atoms with Crippen molar-refractivity contribution in [3.63, 3.8) is 0 Å². The van der Waals surface area contributed by atoms with E-state index in [2.05, 4.69) is 10.2 Å². The van der Waals surface area contributed by atoms with Gasteiger partial charge in [-0.25, -0.2) is 8.42 Å². The summed E-state index contributed by atoms with van der Waals surface area (Å²) < 4.78 is 33.4. The Hall–Kier alpha value is -2.81. The molecule has 33 heavy (non-hydrogen) atoms. The molecule has 0 fully saturated rings. The monoisotopic (exact) mass is 499 g/mol. The first kappa shape index (κ1) is 23.4. The molecule has 1 aromatic heterocycles. The molecular formula is C24H22ClN3O3S2. The molecule has 4 rings (SSSR count). The summed E-state index contributed by atoms with van der Waals surface area (Å²) in [5.41, 5.74) is 0.820. The summed E-state index contributed by atoms with van der Waals surface area (Å²) >= 11 is 7.41. The van der Waals surface area contributed by atoms with Crippen LogP contribution in [0.2, 0.25) is 5.02 Å². The van der Waals surface area contributed by atoms with Gasteiger partial charge in [0.25, 0.3) is 0 Å². The molecule has 0 unspecified atom stereocenters. The second kappa shape index (κ2) is 10.9. The van der Waals surface area contributed by atoms with Crippen LogP contribution < -0.4 is 4.74 Å². The van der Waals surface area contributed by atoms with E-state index in [0.29, 0.717) is 22.6 Å². The zero-order valence-electron chi connectivity index (χ0n) is 17.7. The number of benzene rings is 3. The summed E-state index contributed by atoms with van der Waals surface area (Å²) in [7, 11) is -3.56. The number of rotatable bonds is 10. The molecule has 0 aliphatic rings. The lowest BCUT2D eigenvalue weighted by Crippen LogP contribution is -2.11. The van der Waals surface area contributed by atoms with Crippen LogP contribution in [0, 0.1) is 0 Å². The quantitative estimate of drug-likeness (QED) is 0.213. The molecule has 0 saturated heterocycles. The van der Waals surface area contributed by atoms with Crippen LogP contribution in [0.5, 0.6) is 5.75 Å². The molecule has 6 nitrogen and oxygen atoms in total. The van der Waals surface area contributed by atoms with E-state index in [9.17, 15) is 8.42 Å². The molecule has 0 saturated carbocycles. The topological polar surface area (TPSA) is 74.1 Å². The SMILES string of the molecule is O=S(=O)(Cc1nnc(SCCCOc2ccc(Cl)cc2)n1-c1ccccc1)c1ccccc1. The standard InChI is InChI=1S/C24H22ClN3O3S2/c25-19-12-14-21(15-13-19)31-16-7-17-32-24-27-26-23(28(24)20-8-3-1-4-9-20)18-33(29,30)22-10-5-2-6-11-22/h1-6,8-15H,7,16-18H2. The minimum absolute atomic E-state index is 0.237. The number of ether oxygens (including phenoxy) is 1. The molecule has 0 N–H and O–H groups in total. The third kappa shape index (κ3) is 6.16. The van der Waals surface area contributed by atoms with Gasteiger partial charge in [-0.1, -0.05) is 59.8 Å². The molecule has 3 aromatic carbocycles. The molecular weight excluding hydrogens is 478 g/mol. The lowest BCUT2D eigenvalue weighted by atomic mass is 10.3. The van der Waals surface area contributed by atoms with Crippen LogP contribution in [0.25, 0.3) is 5.69 Å². The smallest absolute Gasteiger partial charge is 0.195 e. The van der Waals surface area contributed by atoms with Gasteiger partial charge in [0.05, 0.1) is 11.5 Å². The molecule has 4 aromatic rings. The van der Waals surface area contributed by atoms with Gasteiger partial charge < -0.3 is 4.74 Å². The fourth-order valence-electron chi connectivity index (χ4n) is 3.15. The number of hydrogen-bond donors (Lipinski definition) is 0. The second-order valence-electron chi connectivity index (χ2n) is 7.15. The Balaban J connectivity index is 1.46. The molecule has 0 radical (unpaired) electrons. The molecule has 0 aliphatic carbocycles. The van der Waals surface area contributed by atoms with Gasteiger partial charge in [-0.2, -0.15) is 0 Å². The van der Waals surface area contributed by atoms with Gasteiger partial charge in [-0.15, -0.1) is 10.2 Å². The lowest BCUT2D eigenvalue weighted by Gasteiger charge is -2.11. The van der Waals surface area contributed by atoms with Crippen LogP contribution in [-0.4, -0.2) is 35.5 Å². The second-order valence-corrected chi connectivity index (χ2v) is 10.6. The van der Waals surface area contributed by atoms with Crippen molar-refractivity contribution in [2.45, 2.75) is 22.2 Å². The fraction of sp³-hybridized carbons (Fsp3) is 0.167. The summed E-state index contributed by atoms with van der Waals surface area (Å²) in [6.07, 6.45) is 0.784. The Kier molecular flexibility index (Phi) is 7.69. The molecule has 0 atom stereocenters. The third-order valence-electron chi connectivity index (χ3n) is 4.74. The molecule has 1 heterocycles. The Morgan fingerprint density at radius 2 is 1.55 bits per heavy atom. The average molecular weight is 500 g/mol. The first-order valence-corrected chi connectivity index (χ1v) is 13.3. The molecule has 0 spiro atoms. The minimum atomic E-state index is -3.56. The highest BCUT2D eigenvalue weighted by Gasteiger charge is 2.22. The Labute approximate surface area is 202 Å². The molecule has 0 amide bonds. The number of halogens is 1. The summed E-state index contributed by atoms with van der Waals surface area (Å²) in [6.45, 7) is 0.545. The van der Waals surface area contributed by atoms with Crippen molar-refractivity contribution >= 4 is 33.2 Å². The van der Waals surface area contributed by atoms with E-state index < -0.39 is 9.84 Å². The van der Waals surface area contributed by atoms with Gasteiger partial charge in [0.1, 0.15) is 11.5 Å². The average Bonchev–Trinajstić information content (AvgIpc) is 3.22. The van der Waals surface area contributed by atoms with Crippen molar-refractivity contribution in [1.82, 2.24) is 14.8 Å². The third-order valence-corrected chi connectivity index (χ3v) is 7.63. The molecule has 0 bridgehead atoms. The van der Waals surface area contributed by atoms with Crippen LogP contribution in [0.4, 0.5) is 0 Å². The Morgan fingerprint density at radius 1 is 0.879 bits per heavy atom. The highest BCUT2D eigenvalue weighted by Crippen LogP contribution is 2.25. The first-order valence-electron chi connectivity index (χ1n) is 10.3. The van der Waals surface area contributed by atoms with Crippen molar-refractivity contribution in [1.29, 1.82) is 0 Å². The van der Waals surface area contributed by atoms with E-state index in [0.717, 1.165) is 23.6 Å². The van der Waals surface area contributed by atoms with Crippen molar-refractivity contribution in [2.24, 2.45) is 0 Å². The number of aromatic nitrogens is 3. The highest BCUT2D eigenvalue weighted by atomic mass is 35.5. The maximum Gasteiger partial charge on any atom is 0.195 e. The first-order chi connectivity index (χ1) is 16.0. The summed E-state index contributed by atoms with van der Waals surface area (Å²) in [6, 6.07) is 25.2. The summed E-state index contributed by atoms with van der Waals surface area (Å²) in [5.74, 6) is 1.65. The number of nitrogens with zero attached hydrogens (tertiary/aromatic N) is 3. The number of para-hydroxylation sites is 1. The van der Waals surface area contributed by atoms with E-state index in [4.69, 9.17) is 16.3 Å². The fourth-order valence-corrected chi connectivity index (χ4v) is 5.42. The van der Waals surface area contributed by atoms with Crippen molar-refractivity contribution in [3.8, 4) is 11.4 Å². The van der Waals surface area contributed by atoms with E-state index >= 15 is 0 Å². The number of thioether (sulfide) groups is 1. The van der Waals surface area contributed by atoms with Crippen molar-refractivity contribution in [2.75, 3.05) is 12.4 Å². The zero-order valence-corrected chi connectivity index (χ0v) is 20.1. The van der Waals surface area contributed by atoms with E-state index in [1.54, 1.807) is 42.5 Å². The van der Waals surface area contributed by atoms with E-state index in [-0.39, 0.29) is 10.6 Å². The summed E-state index contributed by atoms with van der Waals surface area (Å²) in [4.78, 5) is 0.265. The van der Waals surface area contributed by atoms with Crippen LogP contribution in [0.1, 0.15) is 12.2 Å². The van der Waals surface area contributed by atoms with Crippen LogP contribution in [0.3, 0.4) is 0 Å². The molecule has 0 aliphatic heterocycles. The normalized spacial score (nSPS) is 11.4. The minimum Gasteiger partial charge on any atom is -0.494 e. The van der Waals surface area contributed by atoms with Crippen LogP contribution in [0.15, 0.2) is 95.0 Å². The summed E-state index contributed by atoms with van der Waals surface area (Å²) in [5, 5.41) is 9.83. The molecule has 9 heteroatoms. The van der Waals surface area contributed by atoms with Gasteiger partial charge in [-0.05, 0) is 55.0 Å². The largest absolute Gasteiger partial charge is 0.494 e. The predicted molar refractivity (Wildman–Crippen MR) is 131 cm³/mol. The number of sulfone groups is 1. The van der Waals surface area contributed by atoms with Gasteiger partial charge in [0.15, 0.2) is 20.8 Å².